The first kappa shape index (κ1) is 17.2. The van der Waals surface area contributed by atoms with Crippen LogP contribution in [0.5, 0.6) is 5.75 Å². The van der Waals surface area contributed by atoms with Crippen molar-refractivity contribution in [3.63, 3.8) is 0 Å². The molecule has 0 saturated heterocycles. The summed E-state index contributed by atoms with van der Waals surface area (Å²) < 4.78 is 6.99. The van der Waals surface area contributed by atoms with E-state index in [4.69, 9.17) is 9.72 Å². The summed E-state index contributed by atoms with van der Waals surface area (Å²) in [6.07, 6.45) is 0. The number of thioether (sulfide) groups is 1. The van der Waals surface area contributed by atoms with Crippen molar-refractivity contribution in [2.24, 2.45) is 0 Å². The molecule has 0 N–H and O–H groups in total. The maximum atomic E-state index is 5.19. The summed E-state index contributed by atoms with van der Waals surface area (Å²) in [6.45, 7) is 0.622. The number of benzene rings is 1. The zero-order valence-electron chi connectivity index (χ0n) is 13.9. The number of hydrogen-bond acceptors (Lipinski definition) is 8. The van der Waals surface area contributed by atoms with E-state index in [0.29, 0.717) is 6.54 Å². The Balaban J connectivity index is 1.41. The maximum absolute atomic E-state index is 5.19. The fourth-order valence-corrected chi connectivity index (χ4v) is 4.84. The molecule has 6 nitrogen and oxygen atoms in total. The molecular formula is C17H15N5OS3. The van der Waals surface area contributed by atoms with Crippen molar-refractivity contribution >= 4 is 34.4 Å². The lowest BCUT2D eigenvalue weighted by Gasteiger charge is -2.05. The third kappa shape index (κ3) is 3.95. The molecule has 0 aliphatic rings. The molecule has 0 spiro atoms. The van der Waals surface area contributed by atoms with Crippen LogP contribution in [0.2, 0.25) is 0 Å². The van der Waals surface area contributed by atoms with Gasteiger partial charge in [-0.3, -0.25) is 0 Å². The lowest BCUT2D eigenvalue weighted by Crippen LogP contribution is -2.04. The normalized spacial score (nSPS) is 11.0. The largest absolute Gasteiger partial charge is 0.497 e. The van der Waals surface area contributed by atoms with Crippen molar-refractivity contribution < 1.29 is 4.74 Å². The van der Waals surface area contributed by atoms with Gasteiger partial charge in [0.15, 0.2) is 0 Å². The Morgan fingerprint density at radius 2 is 2.04 bits per heavy atom. The molecule has 0 radical (unpaired) electrons. The second-order valence-corrected chi connectivity index (χ2v) is 8.13. The lowest BCUT2D eigenvalue weighted by molar-refractivity contribution is 0.414. The van der Waals surface area contributed by atoms with E-state index >= 15 is 0 Å². The number of ether oxygens (including phenoxy) is 1. The van der Waals surface area contributed by atoms with Crippen LogP contribution in [0, 0.1) is 0 Å². The monoisotopic (exact) mass is 401 g/mol. The summed E-state index contributed by atoms with van der Waals surface area (Å²) in [4.78, 5) is 5.91. The zero-order valence-corrected chi connectivity index (χ0v) is 16.4. The Morgan fingerprint density at radius 1 is 1.15 bits per heavy atom. The number of methoxy groups -OCH3 is 1. The molecule has 0 atom stereocenters. The lowest BCUT2D eigenvalue weighted by atomic mass is 10.2. The van der Waals surface area contributed by atoms with Crippen LogP contribution in [0.1, 0.15) is 11.3 Å². The molecule has 0 unspecified atom stereocenters. The van der Waals surface area contributed by atoms with Gasteiger partial charge in [-0.25, -0.2) is 9.67 Å². The van der Waals surface area contributed by atoms with Crippen LogP contribution in [-0.2, 0) is 12.3 Å². The van der Waals surface area contributed by atoms with E-state index in [1.54, 1.807) is 46.2 Å². The number of aromatic nitrogens is 5. The van der Waals surface area contributed by atoms with Crippen LogP contribution in [0.4, 0.5) is 0 Å². The van der Waals surface area contributed by atoms with E-state index in [1.807, 2.05) is 30.3 Å². The molecule has 1 aromatic carbocycles. The van der Waals surface area contributed by atoms with E-state index < -0.39 is 0 Å². The molecule has 0 saturated carbocycles. The molecule has 0 bridgehead atoms. The number of thiophene rings is 1. The Morgan fingerprint density at radius 3 is 2.81 bits per heavy atom. The fraction of sp³-hybridized carbons (Fsp3) is 0.176. The molecule has 3 aromatic heterocycles. The summed E-state index contributed by atoms with van der Waals surface area (Å²) in [7, 11) is 1.66. The number of hydrogen-bond donors (Lipinski definition) is 0. The Hall–Kier alpha value is -2.23. The van der Waals surface area contributed by atoms with E-state index in [9.17, 15) is 0 Å². The van der Waals surface area contributed by atoms with Gasteiger partial charge in [0.05, 0.1) is 24.2 Å². The van der Waals surface area contributed by atoms with E-state index in [2.05, 4.69) is 32.4 Å². The van der Waals surface area contributed by atoms with Crippen molar-refractivity contribution in [3.8, 4) is 15.6 Å². The third-order valence-corrected chi connectivity index (χ3v) is 6.54. The second kappa shape index (κ2) is 7.98. The molecule has 0 fully saturated rings. The van der Waals surface area contributed by atoms with Gasteiger partial charge in [0.2, 0.25) is 5.16 Å². The summed E-state index contributed by atoms with van der Waals surface area (Å²) >= 11 is 4.97. The molecule has 0 amide bonds. The fourth-order valence-electron chi connectivity index (χ4n) is 2.33. The van der Waals surface area contributed by atoms with Gasteiger partial charge < -0.3 is 4.74 Å². The topological polar surface area (TPSA) is 65.7 Å². The molecule has 4 aromatic rings. The summed E-state index contributed by atoms with van der Waals surface area (Å²) in [5, 5.41) is 18.1. The van der Waals surface area contributed by atoms with Gasteiger partial charge in [-0.15, -0.1) is 27.8 Å². The number of rotatable bonds is 7. The van der Waals surface area contributed by atoms with E-state index in [1.165, 1.54) is 4.88 Å². The number of thiazole rings is 1. The Bertz CT molecular complexity index is 963. The van der Waals surface area contributed by atoms with E-state index in [0.717, 1.165) is 32.9 Å². The first-order chi connectivity index (χ1) is 12.8. The SMILES string of the molecule is COc1ccc(Cn2nnnc2SCc2csc(-c3cccs3)n2)cc1. The van der Waals surface area contributed by atoms with Gasteiger partial charge in [-0.05, 0) is 39.6 Å². The van der Waals surface area contributed by atoms with Gasteiger partial charge in [0.1, 0.15) is 10.8 Å². The van der Waals surface area contributed by atoms with Crippen LogP contribution in [0.15, 0.2) is 52.3 Å². The van der Waals surface area contributed by atoms with Crippen molar-refractivity contribution in [2.45, 2.75) is 17.5 Å². The summed E-state index contributed by atoms with van der Waals surface area (Å²) in [5.74, 6) is 1.58. The van der Waals surface area contributed by atoms with Gasteiger partial charge in [-0.2, -0.15) is 0 Å². The predicted molar refractivity (Wildman–Crippen MR) is 105 cm³/mol. The van der Waals surface area contributed by atoms with Crippen molar-refractivity contribution in [3.05, 3.63) is 58.4 Å². The van der Waals surface area contributed by atoms with Crippen LogP contribution < -0.4 is 4.74 Å². The smallest absolute Gasteiger partial charge is 0.210 e. The van der Waals surface area contributed by atoms with Crippen LogP contribution in [0.25, 0.3) is 9.88 Å². The highest BCUT2D eigenvalue weighted by Crippen LogP contribution is 2.30. The third-order valence-electron chi connectivity index (χ3n) is 3.62. The van der Waals surface area contributed by atoms with Gasteiger partial charge in [0.25, 0.3) is 0 Å². The average Bonchev–Trinajstić information content (AvgIpc) is 3.42. The minimum Gasteiger partial charge on any atom is -0.497 e. The highest BCUT2D eigenvalue weighted by Gasteiger charge is 2.11. The molecule has 9 heteroatoms. The van der Waals surface area contributed by atoms with Crippen molar-refractivity contribution in [2.75, 3.05) is 7.11 Å². The molecule has 4 rings (SSSR count). The molecule has 0 aliphatic heterocycles. The quantitative estimate of drug-likeness (QED) is 0.432. The summed E-state index contributed by atoms with van der Waals surface area (Å²) in [5.41, 5.74) is 2.16. The number of tetrazole rings is 1. The van der Waals surface area contributed by atoms with Crippen molar-refractivity contribution in [1.82, 2.24) is 25.2 Å². The van der Waals surface area contributed by atoms with Gasteiger partial charge in [0, 0.05) is 11.1 Å². The highest BCUT2D eigenvalue weighted by atomic mass is 32.2. The maximum Gasteiger partial charge on any atom is 0.210 e. The van der Waals surface area contributed by atoms with Crippen LogP contribution in [-0.4, -0.2) is 32.3 Å². The first-order valence-electron chi connectivity index (χ1n) is 7.82. The first-order valence-corrected chi connectivity index (χ1v) is 10.6. The minimum absolute atomic E-state index is 0.622. The van der Waals surface area contributed by atoms with Gasteiger partial charge in [-0.1, -0.05) is 30.0 Å². The molecule has 132 valence electrons. The van der Waals surface area contributed by atoms with E-state index in [-0.39, 0.29) is 0 Å². The summed E-state index contributed by atoms with van der Waals surface area (Å²) in [6, 6.07) is 12.0. The van der Waals surface area contributed by atoms with Crippen LogP contribution in [0.3, 0.4) is 0 Å². The molecular weight excluding hydrogens is 386 g/mol. The Labute approximate surface area is 162 Å². The highest BCUT2D eigenvalue weighted by molar-refractivity contribution is 7.98. The minimum atomic E-state index is 0.622. The van der Waals surface area contributed by atoms with Crippen molar-refractivity contribution in [1.29, 1.82) is 0 Å². The molecule has 26 heavy (non-hydrogen) atoms. The Kier molecular flexibility index (Phi) is 5.28. The number of nitrogens with zero attached hydrogens (tertiary/aromatic N) is 5. The molecule has 0 aliphatic carbocycles. The molecule has 3 heterocycles. The zero-order chi connectivity index (χ0) is 17.8. The predicted octanol–water partition coefficient (Wildman–Crippen LogP) is 4.21. The second-order valence-electron chi connectivity index (χ2n) is 5.38. The standard InChI is InChI=1S/C17H15N5OS3/c1-23-14-6-4-12(5-7-14)9-22-17(19-20-21-22)26-11-13-10-25-16(18-13)15-3-2-8-24-15/h2-8,10H,9,11H2,1H3. The van der Waals surface area contributed by atoms with Crippen LogP contribution >= 0.6 is 34.4 Å². The average molecular weight is 402 g/mol. The van der Waals surface area contributed by atoms with Gasteiger partial charge >= 0.3 is 0 Å².